The smallest absolute Gasteiger partial charge is 0.207 e. The van der Waals surface area contributed by atoms with Crippen LogP contribution in [0, 0.1) is 5.92 Å². The summed E-state index contributed by atoms with van der Waals surface area (Å²) in [5.41, 5.74) is 0. The first-order chi connectivity index (χ1) is 8.48. The molecular weight excluding hydrogens is 290 g/mol. The van der Waals surface area contributed by atoms with E-state index in [0.29, 0.717) is 17.4 Å². The molecule has 2 unspecified atom stereocenters. The average Bonchev–Trinajstić information content (AvgIpc) is 2.81. The molecule has 1 fully saturated rings. The van der Waals surface area contributed by atoms with Gasteiger partial charge in [0.25, 0.3) is 0 Å². The second-order valence-electron chi connectivity index (χ2n) is 4.82. The van der Waals surface area contributed by atoms with Gasteiger partial charge in [-0.2, -0.15) is 4.31 Å². The van der Waals surface area contributed by atoms with Gasteiger partial charge in [-0.1, -0.05) is 6.92 Å². The average molecular weight is 308 g/mol. The van der Waals surface area contributed by atoms with Gasteiger partial charge in [0.1, 0.15) is 0 Å². The minimum Gasteiger partial charge on any atom is -0.207 e. The molecule has 2 heterocycles. The van der Waals surface area contributed by atoms with Gasteiger partial charge >= 0.3 is 0 Å². The van der Waals surface area contributed by atoms with Crippen LogP contribution < -0.4 is 0 Å². The third kappa shape index (κ3) is 2.46. The van der Waals surface area contributed by atoms with Gasteiger partial charge in [0.05, 0.1) is 10.8 Å². The number of sulfonamides is 1. The largest absolute Gasteiger partial charge is 0.244 e. The van der Waals surface area contributed by atoms with Crippen LogP contribution in [-0.2, 0) is 15.9 Å². The van der Waals surface area contributed by atoms with E-state index in [-0.39, 0.29) is 11.9 Å². The molecule has 0 bridgehead atoms. The van der Waals surface area contributed by atoms with Crippen molar-refractivity contribution >= 4 is 33.0 Å². The molecule has 1 aromatic heterocycles. The number of thiophene rings is 1. The highest BCUT2D eigenvalue weighted by Gasteiger charge is 2.35. The van der Waals surface area contributed by atoms with Crippen molar-refractivity contribution in [3.63, 3.8) is 0 Å². The van der Waals surface area contributed by atoms with E-state index in [4.69, 9.17) is 11.6 Å². The minimum atomic E-state index is -3.38. The molecule has 6 heteroatoms. The van der Waals surface area contributed by atoms with E-state index in [1.54, 1.807) is 15.8 Å². The fraction of sp³-hybridized carbons (Fsp3) is 0.667. The van der Waals surface area contributed by atoms with E-state index in [1.165, 1.54) is 11.3 Å². The van der Waals surface area contributed by atoms with Gasteiger partial charge < -0.3 is 0 Å². The topological polar surface area (TPSA) is 37.4 Å². The van der Waals surface area contributed by atoms with Crippen molar-refractivity contribution in [2.24, 2.45) is 5.92 Å². The minimum absolute atomic E-state index is 0.0619. The standard InChI is InChI=1S/C12H18ClNO2S2/c1-9-4-3-6-14(10(9)2)18(15,16)12-5-7-17-11(12)8-13/h5,7,9-10H,3-4,6,8H2,1-2H3. The van der Waals surface area contributed by atoms with Gasteiger partial charge in [-0.15, -0.1) is 22.9 Å². The first kappa shape index (κ1) is 14.3. The van der Waals surface area contributed by atoms with Gasteiger partial charge in [-0.05, 0) is 37.1 Å². The number of alkyl halides is 1. The van der Waals surface area contributed by atoms with Crippen LogP contribution in [0.1, 0.15) is 31.6 Å². The number of rotatable bonds is 3. The monoisotopic (exact) mass is 307 g/mol. The Bertz CT molecular complexity index is 512. The maximum Gasteiger partial charge on any atom is 0.244 e. The van der Waals surface area contributed by atoms with Crippen molar-refractivity contribution in [2.45, 2.75) is 43.5 Å². The third-order valence-electron chi connectivity index (χ3n) is 3.73. The molecule has 3 nitrogen and oxygen atoms in total. The maximum atomic E-state index is 12.7. The zero-order valence-electron chi connectivity index (χ0n) is 10.6. The first-order valence-corrected chi connectivity index (χ1v) is 8.98. The predicted molar refractivity (Wildman–Crippen MR) is 75.6 cm³/mol. The van der Waals surface area contributed by atoms with Crippen molar-refractivity contribution in [2.75, 3.05) is 6.54 Å². The highest BCUT2D eigenvalue weighted by Crippen LogP contribution is 2.32. The lowest BCUT2D eigenvalue weighted by atomic mass is 9.94. The molecule has 102 valence electrons. The third-order valence-corrected chi connectivity index (χ3v) is 7.28. The molecular formula is C12H18ClNO2S2. The molecule has 18 heavy (non-hydrogen) atoms. The van der Waals surface area contributed by atoms with Gasteiger partial charge in [0.2, 0.25) is 10.0 Å². The molecule has 2 rings (SSSR count). The van der Waals surface area contributed by atoms with E-state index in [2.05, 4.69) is 6.92 Å². The van der Waals surface area contributed by atoms with Crippen molar-refractivity contribution in [1.29, 1.82) is 0 Å². The summed E-state index contributed by atoms with van der Waals surface area (Å²) in [5, 5.41) is 1.79. The van der Waals surface area contributed by atoms with Gasteiger partial charge in [-0.3, -0.25) is 0 Å². The summed E-state index contributed by atoms with van der Waals surface area (Å²) < 4.78 is 27.0. The molecule has 0 radical (unpaired) electrons. The van der Waals surface area contributed by atoms with Crippen LogP contribution in [0.15, 0.2) is 16.3 Å². The molecule has 2 atom stereocenters. The summed E-state index contributed by atoms with van der Waals surface area (Å²) in [6, 6.07) is 1.73. The molecule has 0 saturated carbocycles. The Morgan fingerprint density at radius 2 is 2.22 bits per heavy atom. The Kier molecular flexibility index (Phi) is 4.36. The van der Waals surface area contributed by atoms with E-state index < -0.39 is 10.0 Å². The van der Waals surface area contributed by atoms with E-state index in [1.807, 2.05) is 6.92 Å². The molecule has 1 aliphatic heterocycles. The van der Waals surface area contributed by atoms with Crippen molar-refractivity contribution in [1.82, 2.24) is 4.31 Å². The molecule has 1 aromatic rings. The normalized spacial score (nSPS) is 26.4. The predicted octanol–water partition coefficient (Wildman–Crippen LogP) is 3.30. The highest BCUT2D eigenvalue weighted by molar-refractivity contribution is 7.89. The van der Waals surface area contributed by atoms with Gasteiger partial charge in [-0.25, -0.2) is 8.42 Å². The van der Waals surface area contributed by atoms with Crippen LogP contribution in [0.4, 0.5) is 0 Å². The quantitative estimate of drug-likeness (QED) is 0.804. The van der Waals surface area contributed by atoms with Crippen LogP contribution in [0.25, 0.3) is 0 Å². The second-order valence-corrected chi connectivity index (χ2v) is 7.94. The van der Waals surface area contributed by atoms with Gasteiger partial charge in [0.15, 0.2) is 0 Å². The number of halogens is 1. The van der Waals surface area contributed by atoms with Crippen molar-refractivity contribution in [3.05, 3.63) is 16.3 Å². The summed E-state index contributed by atoms with van der Waals surface area (Å²) >= 11 is 7.22. The van der Waals surface area contributed by atoms with Crippen molar-refractivity contribution in [3.8, 4) is 0 Å². The Labute approximate surface area is 118 Å². The van der Waals surface area contributed by atoms with Crippen LogP contribution in [0.2, 0.25) is 0 Å². The first-order valence-electron chi connectivity index (χ1n) is 6.12. The number of piperidine rings is 1. The summed E-state index contributed by atoms with van der Waals surface area (Å²) in [7, 11) is -3.38. The molecule has 0 spiro atoms. The number of hydrogen-bond donors (Lipinski definition) is 0. The van der Waals surface area contributed by atoms with E-state index >= 15 is 0 Å². The lowest BCUT2D eigenvalue weighted by Crippen LogP contribution is -2.45. The van der Waals surface area contributed by atoms with Crippen LogP contribution >= 0.6 is 22.9 Å². The Morgan fingerprint density at radius 3 is 2.89 bits per heavy atom. The zero-order valence-corrected chi connectivity index (χ0v) is 13.0. The molecule has 0 amide bonds. The summed E-state index contributed by atoms with van der Waals surface area (Å²) in [4.78, 5) is 1.13. The van der Waals surface area contributed by atoms with Crippen LogP contribution in [0.3, 0.4) is 0 Å². The number of nitrogens with zero attached hydrogens (tertiary/aromatic N) is 1. The summed E-state index contributed by atoms with van der Waals surface area (Å²) in [5.74, 6) is 0.663. The van der Waals surface area contributed by atoms with Gasteiger partial charge in [0, 0.05) is 17.5 Å². The summed E-state index contributed by atoms with van der Waals surface area (Å²) in [6.07, 6.45) is 2.03. The second kappa shape index (κ2) is 5.49. The SMILES string of the molecule is CC1CCCN(S(=O)(=O)c2ccsc2CCl)C1C. The summed E-state index contributed by atoms with van der Waals surface area (Å²) in [6.45, 7) is 4.72. The molecule has 0 aliphatic carbocycles. The number of hydrogen-bond acceptors (Lipinski definition) is 3. The molecule has 1 saturated heterocycles. The van der Waals surface area contributed by atoms with E-state index in [0.717, 1.165) is 17.7 Å². The molecule has 1 aliphatic rings. The fourth-order valence-corrected chi connectivity index (χ4v) is 5.86. The Hall–Kier alpha value is -0.100. The zero-order chi connectivity index (χ0) is 13.3. The van der Waals surface area contributed by atoms with E-state index in [9.17, 15) is 8.42 Å². The molecule has 0 N–H and O–H groups in total. The van der Waals surface area contributed by atoms with Crippen LogP contribution in [0.5, 0.6) is 0 Å². The Morgan fingerprint density at radius 1 is 1.50 bits per heavy atom. The van der Waals surface area contributed by atoms with Crippen LogP contribution in [-0.4, -0.2) is 25.3 Å². The van der Waals surface area contributed by atoms with Crippen molar-refractivity contribution < 1.29 is 8.42 Å². The molecule has 0 aromatic carbocycles. The lowest BCUT2D eigenvalue weighted by molar-refractivity contribution is 0.202. The lowest BCUT2D eigenvalue weighted by Gasteiger charge is -2.36. The Balaban J connectivity index is 2.36. The maximum absolute atomic E-state index is 12.7. The highest BCUT2D eigenvalue weighted by atomic mass is 35.5. The fourth-order valence-electron chi connectivity index (χ4n) is 2.42.